The smallest absolute Gasteiger partial charge is 0.382 e. The van der Waals surface area contributed by atoms with Gasteiger partial charge >= 0.3 is 16.3 Å². The van der Waals surface area contributed by atoms with E-state index in [2.05, 4.69) is 14.5 Å². The van der Waals surface area contributed by atoms with Gasteiger partial charge in [-0.15, -0.1) is 0 Å². The van der Waals surface area contributed by atoms with Gasteiger partial charge in [-0.1, -0.05) is 25.0 Å². The predicted molar refractivity (Wildman–Crippen MR) is 137 cm³/mol. The Hall–Kier alpha value is -2.61. The monoisotopic (exact) mass is 539 g/mol. The lowest BCUT2D eigenvalue weighted by molar-refractivity contribution is 0.0746. The number of aromatic hydroxyl groups is 1. The topological polar surface area (TPSA) is 181 Å². The number of ether oxygens (including phenoxy) is 1. The second-order valence-electron chi connectivity index (χ2n) is 8.63. The van der Waals surface area contributed by atoms with Crippen molar-refractivity contribution < 1.29 is 37.5 Å². The van der Waals surface area contributed by atoms with E-state index >= 15 is 0 Å². The molecule has 0 aliphatic carbocycles. The number of carbonyl (C=O) groups is 1. The Morgan fingerprint density at radius 1 is 1.05 bits per heavy atom. The highest BCUT2D eigenvalue weighted by atomic mass is 32.2. The maximum absolute atomic E-state index is 11.8. The van der Waals surface area contributed by atoms with Crippen molar-refractivity contribution in [3.63, 3.8) is 0 Å². The fraction of sp³-hybridized carbons (Fsp3) is 0.520. The van der Waals surface area contributed by atoms with E-state index in [4.69, 9.17) is 15.0 Å². The molecule has 0 fully saturated rings. The van der Waals surface area contributed by atoms with Crippen LogP contribution in [0.1, 0.15) is 71.9 Å². The minimum Gasteiger partial charge on any atom is -0.506 e. The van der Waals surface area contributed by atoms with Crippen LogP contribution in [0.4, 0.5) is 0 Å². The van der Waals surface area contributed by atoms with Crippen molar-refractivity contribution in [1.82, 2.24) is 10.3 Å². The highest BCUT2D eigenvalue weighted by molar-refractivity contribution is 7.84. The molecule has 0 aliphatic rings. The van der Waals surface area contributed by atoms with E-state index in [1.165, 1.54) is 18.2 Å². The minimum absolute atomic E-state index is 0.0901. The van der Waals surface area contributed by atoms with Gasteiger partial charge in [-0.2, -0.15) is 13.6 Å². The molecule has 0 amide bonds. The number of pyridine rings is 1. The third-order valence-corrected chi connectivity index (χ3v) is 5.94. The lowest BCUT2D eigenvalue weighted by Crippen LogP contribution is -2.23. The molecule has 0 saturated heterocycles. The van der Waals surface area contributed by atoms with Crippen molar-refractivity contribution in [3.05, 3.63) is 58.9 Å². The molecular weight excluding hydrogens is 502 g/mol. The highest BCUT2D eigenvalue weighted by Crippen LogP contribution is 2.18. The van der Waals surface area contributed by atoms with E-state index in [0.29, 0.717) is 25.5 Å². The standard InChI is InChI=1S/C25H37N3O8S/c26-37(33,34)36-25(32)20-10-7-9-19(16-20)8-3-6-15-35-14-5-2-1-4-13-27-17-24(31)21-11-12-23(30)22(18-29)28-21/h7,9-12,16,24,27,29-31H,1-6,8,13-15,17-18H2,(H2,26,33,34). The number of carbonyl (C=O) groups excluding carboxylic acids is 1. The molecule has 1 heterocycles. The molecule has 0 saturated carbocycles. The second kappa shape index (κ2) is 16.3. The molecule has 206 valence electrons. The summed E-state index contributed by atoms with van der Waals surface area (Å²) in [5.74, 6) is -1.09. The molecule has 2 rings (SSSR count). The largest absolute Gasteiger partial charge is 0.506 e. The number of benzene rings is 1. The van der Waals surface area contributed by atoms with Gasteiger partial charge in [0.1, 0.15) is 17.5 Å². The molecule has 1 aromatic heterocycles. The Morgan fingerprint density at radius 2 is 1.78 bits per heavy atom. The summed E-state index contributed by atoms with van der Waals surface area (Å²) in [5, 5.41) is 36.8. The lowest BCUT2D eigenvalue weighted by atomic mass is 10.1. The number of unbranched alkanes of at least 4 members (excludes halogenated alkanes) is 4. The number of rotatable bonds is 18. The summed E-state index contributed by atoms with van der Waals surface area (Å²) >= 11 is 0. The average molecular weight is 540 g/mol. The third kappa shape index (κ3) is 12.5. The van der Waals surface area contributed by atoms with E-state index < -0.39 is 22.4 Å². The van der Waals surface area contributed by atoms with E-state index in [-0.39, 0.29) is 23.6 Å². The van der Waals surface area contributed by atoms with Gasteiger partial charge in [0.15, 0.2) is 0 Å². The van der Waals surface area contributed by atoms with E-state index in [9.17, 15) is 23.4 Å². The zero-order chi connectivity index (χ0) is 27.1. The van der Waals surface area contributed by atoms with Gasteiger partial charge in [-0.3, -0.25) is 0 Å². The van der Waals surface area contributed by atoms with Crippen molar-refractivity contribution in [1.29, 1.82) is 0 Å². The van der Waals surface area contributed by atoms with Crippen LogP contribution in [0.15, 0.2) is 36.4 Å². The molecular formula is C25H37N3O8S. The number of nitrogens with one attached hydrogen (secondary N) is 1. The molecule has 0 radical (unpaired) electrons. The summed E-state index contributed by atoms with van der Waals surface area (Å²) in [7, 11) is -4.33. The van der Waals surface area contributed by atoms with Crippen LogP contribution in [0.2, 0.25) is 0 Å². The number of hydrogen-bond acceptors (Lipinski definition) is 10. The zero-order valence-corrected chi connectivity index (χ0v) is 21.7. The summed E-state index contributed by atoms with van der Waals surface area (Å²) in [6.45, 7) is 2.07. The van der Waals surface area contributed by atoms with Crippen LogP contribution in [-0.4, -0.2) is 61.0 Å². The van der Waals surface area contributed by atoms with E-state index in [0.717, 1.165) is 57.1 Å². The van der Waals surface area contributed by atoms with Crippen LogP contribution in [0.25, 0.3) is 0 Å². The highest BCUT2D eigenvalue weighted by Gasteiger charge is 2.14. The Labute approximate surface area is 217 Å². The summed E-state index contributed by atoms with van der Waals surface area (Å²) < 4.78 is 31.6. The van der Waals surface area contributed by atoms with E-state index in [1.807, 2.05) is 6.07 Å². The van der Waals surface area contributed by atoms with Gasteiger partial charge < -0.3 is 29.6 Å². The Morgan fingerprint density at radius 3 is 2.51 bits per heavy atom. The number of nitrogens with two attached hydrogens (primary N) is 1. The van der Waals surface area contributed by atoms with Gasteiger partial charge in [0.2, 0.25) is 0 Å². The van der Waals surface area contributed by atoms with E-state index in [1.54, 1.807) is 12.1 Å². The lowest BCUT2D eigenvalue weighted by Gasteiger charge is -2.13. The first-order chi connectivity index (χ1) is 17.7. The number of hydrogen-bond donors (Lipinski definition) is 5. The van der Waals surface area contributed by atoms with Crippen LogP contribution in [0, 0.1) is 0 Å². The number of aliphatic hydroxyl groups is 2. The Bertz CT molecular complexity index is 1080. The van der Waals surface area contributed by atoms with Crippen LogP contribution in [0.3, 0.4) is 0 Å². The molecule has 37 heavy (non-hydrogen) atoms. The van der Waals surface area contributed by atoms with Gasteiger partial charge in [0.25, 0.3) is 0 Å². The second-order valence-corrected chi connectivity index (χ2v) is 9.78. The first kappa shape index (κ1) is 30.6. The molecule has 6 N–H and O–H groups in total. The number of nitrogens with zero attached hydrogens (tertiary/aromatic N) is 1. The van der Waals surface area contributed by atoms with Gasteiger partial charge in [-0.25, -0.2) is 9.78 Å². The minimum atomic E-state index is -4.33. The third-order valence-electron chi connectivity index (χ3n) is 5.55. The molecule has 2 aromatic rings. The molecule has 1 atom stereocenters. The van der Waals surface area contributed by atoms with Crippen molar-refractivity contribution >= 4 is 16.3 Å². The first-order valence-corrected chi connectivity index (χ1v) is 13.8. The summed E-state index contributed by atoms with van der Waals surface area (Å²) in [4.78, 5) is 15.8. The Kier molecular flexibility index (Phi) is 13.5. The number of aryl methyl sites for hydroxylation is 1. The first-order valence-electron chi connectivity index (χ1n) is 12.3. The van der Waals surface area contributed by atoms with Crippen molar-refractivity contribution in [3.8, 4) is 5.75 Å². The number of aliphatic hydroxyl groups excluding tert-OH is 2. The fourth-order valence-corrected chi connectivity index (χ4v) is 3.91. The van der Waals surface area contributed by atoms with Crippen molar-refractivity contribution in [2.45, 2.75) is 57.7 Å². The SMILES string of the molecule is NS(=O)(=O)OC(=O)c1cccc(CCCCOCCCCCCNCC(O)c2ccc(O)c(CO)n2)c1. The van der Waals surface area contributed by atoms with Crippen molar-refractivity contribution in [2.24, 2.45) is 5.14 Å². The molecule has 0 aliphatic heterocycles. The molecule has 0 bridgehead atoms. The maximum Gasteiger partial charge on any atom is 0.382 e. The quantitative estimate of drug-likeness (QED) is 0.175. The summed E-state index contributed by atoms with van der Waals surface area (Å²) in [6, 6.07) is 9.56. The van der Waals surface area contributed by atoms with Crippen LogP contribution in [0.5, 0.6) is 5.75 Å². The van der Waals surface area contributed by atoms with Gasteiger partial charge in [0, 0.05) is 19.8 Å². The molecule has 0 spiro atoms. The zero-order valence-electron chi connectivity index (χ0n) is 20.8. The van der Waals surface area contributed by atoms with Crippen molar-refractivity contribution in [2.75, 3.05) is 26.3 Å². The molecule has 12 heteroatoms. The molecule has 1 unspecified atom stereocenters. The summed E-state index contributed by atoms with van der Waals surface area (Å²) in [5.41, 5.74) is 1.60. The predicted octanol–water partition coefficient (Wildman–Crippen LogP) is 1.86. The Balaban J connectivity index is 1.46. The van der Waals surface area contributed by atoms with Crippen LogP contribution >= 0.6 is 0 Å². The normalized spacial score (nSPS) is 12.4. The molecule has 11 nitrogen and oxygen atoms in total. The fourth-order valence-electron chi connectivity index (χ4n) is 3.61. The molecule has 1 aromatic carbocycles. The van der Waals surface area contributed by atoms with Crippen LogP contribution < -0.4 is 10.5 Å². The maximum atomic E-state index is 11.8. The van der Waals surface area contributed by atoms with Gasteiger partial charge in [-0.05, 0) is 68.5 Å². The number of aromatic nitrogens is 1. The van der Waals surface area contributed by atoms with Gasteiger partial charge in [0.05, 0.1) is 17.9 Å². The van der Waals surface area contributed by atoms with Crippen LogP contribution in [-0.2, 0) is 32.3 Å². The average Bonchev–Trinajstić information content (AvgIpc) is 2.86. The summed E-state index contributed by atoms with van der Waals surface area (Å²) in [6.07, 6.45) is 5.69.